The molecule has 0 aliphatic carbocycles. The number of rotatable bonds is 14. The quantitative estimate of drug-likeness (QED) is 0.215. The van der Waals surface area contributed by atoms with Crippen LogP contribution >= 0.6 is 0 Å². The van der Waals surface area contributed by atoms with Gasteiger partial charge in [0.2, 0.25) is 0 Å². The normalized spacial score (nSPS) is 10.1. The van der Waals surface area contributed by atoms with Gasteiger partial charge in [-0.3, -0.25) is 0 Å². The Morgan fingerprint density at radius 3 is 1.23 bits per heavy atom. The second-order valence-electron chi connectivity index (χ2n) is 8.33. The van der Waals surface area contributed by atoms with Gasteiger partial charge in [0, 0.05) is 0 Å². The van der Waals surface area contributed by atoms with Gasteiger partial charge in [0.1, 0.15) is 0 Å². The first kappa shape index (κ1) is 29.5. The molecule has 176 valence electrons. The van der Waals surface area contributed by atoms with E-state index >= 15 is 0 Å². The predicted octanol–water partition coefficient (Wildman–Crippen LogP) is 7.32. The summed E-state index contributed by atoms with van der Waals surface area (Å²) in [7, 11) is 0. The first-order chi connectivity index (χ1) is 14.7. The van der Waals surface area contributed by atoms with Crippen molar-refractivity contribution in [1.82, 2.24) is 0 Å². The van der Waals surface area contributed by atoms with E-state index in [0.717, 1.165) is 12.8 Å². The van der Waals surface area contributed by atoms with E-state index in [4.69, 9.17) is 0 Å². The summed E-state index contributed by atoms with van der Waals surface area (Å²) in [6.45, 7) is 4.47. The molecule has 0 saturated carbocycles. The summed E-state index contributed by atoms with van der Waals surface area (Å²) in [6.07, 6.45) is 17.9. The molecule has 2 rings (SSSR count). The third-order valence-electron chi connectivity index (χ3n) is 5.43. The summed E-state index contributed by atoms with van der Waals surface area (Å²) >= 11 is 0. The molecule has 0 heterocycles. The smallest absolute Gasteiger partial charge is 0.872 e. The summed E-state index contributed by atoms with van der Waals surface area (Å²) in [4.78, 5) is 0. The molecule has 0 N–H and O–H groups in total. The molecule has 0 spiro atoms. The van der Waals surface area contributed by atoms with Crippen LogP contribution in [0.15, 0.2) is 48.5 Å². The van der Waals surface area contributed by atoms with Gasteiger partial charge in [0.15, 0.2) is 0 Å². The number of aryl methyl sites for hydroxylation is 2. The van der Waals surface area contributed by atoms with Crippen molar-refractivity contribution in [3.05, 3.63) is 59.7 Å². The minimum atomic E-state index is 0. The molecule has 0 bridgehead atoms. The van der Waals surface area contributed by atoms with Gasteiger partial charge in [-0.05, 0) is 36.8 Å². The molecule has 0 aliphatic rings. The fraction of sp³-hybridized carbons (Fsp3) is 0.571. The molecule has 0 atom stereocenters. The van der Waals surface area contributed by atoms with Crippen LogP contribution in [0.2, 0.25) is 0 Å². The Labute approximate surface area is 201 Å². The van der Waals surface area contributed by atoms with Crippen molar-refractivity contribution >= 4 is 0 Å². The minimum absolute atomic E-state index is 0. The van der Waals surface area contributed by atoms with E-state index < -0.39 is 0 Å². The van der Waals surface area contributed by atoms with Gasteiger partial charge in [0.25, 0.3) is 0 Å². The Morgan fingerprint density at radius 2 is 0.871 bits per heavy atom. The largest absolute Gasteiger partial charge is 2.00 e. The standard InChI is InChI=1S/2C14H22O.Ni/c2*1-2-3-4-5-6-7-9-13-10-8-11-14(15)12-13;/h2*8,10-12,15H,2-7,9H2,1H3;/q;;+2/p-2. The van der Waals surface area contributed by atoms with Crippen molar-refractivity contribution < 1.29 is 26.7 Å². The Balaban J connectivity index is 0.000000562. The van der Waals surface area contributed by atoms with Crippen molar-refractivity contribution in [2.24, 2.45) is 0 Å². The van der Waals surface area contributed by atoms with Crippen LogP contribution in [-0.2, 0) is 29.3 Å². The first-order valence-corrected chi connectivity index (χ1v) is 12.2. The fourth-order valence-electron chi connectivity index (χ4n) is 3.62. The summed E-state index contributed by atoms with van der Waals surface area (Å²) in [5.74, 6) is 0.275. The van der Waals surface area contributed by atoms with Crippen molar-refractivity contribution in [3.8, 4) is 11.5 Å². The van der Waals surface area contributed by atoms with E-state index in [0.29, 0.717) is 0 Å². The molecule has 0 saturated heterocycles. The second kappa shape index (κ2) is 20.4. The zero-order valence-electron chi connectivity index (χ0n) is 19.7. The van der Waals surface area contributed by atoms with Crippen LogP contribution in [0.3, 0.4) is 0 Å². The van der Waals surface area contributed by atoms with Crippen molar-refractivity contribution in [2.75, 3.05) is 0 Å². The van der Waals surface area contributed by atoms with Crippen LogP contribution in [0.25, 0.3) is 0 Å². The molecule has 0 fully saturated rings. The zero-order chi connectivity index (χ0) is 21.9. The predicted molar refractivity (Wildman–Crippen MR) is 126 cm³/mol. The maximum Gasteiger partial charge on any atom is 2.00 e. The number of benzene rings is 2. The minimum Gasteiger partial charge on any atom is -0.872 e. The van der Waals surface area contributed by atoms with Crippen LogP contribution in [0.4, 0.5) is 0 Å². The molecule has 2 nitrogen and oxygen atoms in total. The van der Waals surface area contributed by atoms with Gasteiger partial charge in [-0.2, -0.15) is 0 Å². The zero-order valence-corrected chi connectivity index (χ0v) is 20.6. The third-order valence-corrected chi connectivity index (χ3v) is 5.43. The molecule has 2 aromatic rings. The van der Waals surface area contributed by atoms with E-state index in [-0.39, 0.29) is 28.0 Å². The van der Waals surface area contributed by atoms with Crippen LogP contribution in [0, 0.1) is 0 Å². The van der Waals surface area contributed by atoms with Gasteiger partial charge >= 0.3 is 16.5 Å². The van der Waals surface area contributed by atoms with E-state index in [2.05, 4.69) is 13.8 Å². The van der Waals surface area contributed by atoms with Gasteiger partial charge < -0.3 is 10.2 Å². The topological polar surface area (TPSA) is 46.1 Å². The number of unbranched alkanes of at least 4 members (excludes halogenated alkanes) is 10. The van der Waals surface area contributed by atoms with Crippen LogP contribution < -0.4 is 10.2 Å². The van der Waals surface area contributed by atoms with Crippen LogP contribution in [0.5, 0.6) is 11.5 Å². The van der Waals surface area contributed by atoms with Gasteiger partial charge in [-0.15, -0.1) is 11.5 Å². The van der Waals surface area contributed by atoms with Crippen molar-refractivity contribution in [2.45, 2.75) is 104 Å². The van der Waals surface area contributed by atoms with E-state index in [1.54, 1.807) is 24.3 Å². The Bertz CT molecular complexity index is 599. The molecule has 31 heavy (non-hydrogen) atoms. The summed E-state index contributed by atoms with van der Waals surface area (Å²) in [5, 5.41) is 22.1. The average molecular weight is 469 g/mol. The molecule has 3 heteroatoms. The van der Waals surface area contributed by atoms with E-state index in [1.165, 1.54) is 88.2 Å². The molecular weight excluding hydrogens is 427 g/mol. The molecule has 0 aliphatic heterocycles. The Hall–Kier alpha value is -1.47. The van der Waals surface area contributed by atoms with Crippen LogP contribution in [-0.4, -0.2) is 0 Å². The first-order valence-electron chi connectivity index (χ1n) is 12.2. The van der Waals surface area contributed by atoms with Gasteiger partial charge in [0.05, 0.1) is 0 Å². The van der Waals surface area contributed by atoms with Crippen LogP contribution in [0.1, 0.15) is 102 Å². The molecule has 0 aromatic heterocycles. The summed E-state index contributed by atoms with van der Waals surface area (Å²) in [6, 6.07) is 14.6. The molecular formula is C28H42NiO2. The second-order valence-corrected chi connectivity index (χ2v) is 8.33. The Morgan fingerprint density at radius 1 is 0.516 bits per heavy atom. The summed E-state index contributed by atoms with van der Waals surface area (Å²) < 4.78 is 0. The number of hydrogen-bond acceptors (Lipinski definition) is 2. The van der Waals surface area contributed by atoms with Gasteiger partial charge in [-0.25, -0.2) is 0 Å². The monoisotopic (exact) mass is 468 g/mol. The van der Waals surface area contributed by atoms with E-state index in [1.807, 2.05) is 24.3 Å². The molecule has 2 aromatic carbocycles. The molecule has 0 amide bonds. The summed E-state index contributed by atoms with van der Waals surface area (Å²) in [5.41, 5.74) is 2.39. The maximum absolute atomic E-state index is 11.1. The third kappa shape index (κ3) is 16.8. The van der Waals surface area contributed by atoms with Gasteiger partial charge in [-0.1, -0.05) is 127 Å². The average Bonchev–Trinajstić information content (AvgIpc) is 2.74. The van der Waals surface area contributed by atoms with Crippen molar-refractivity contribution in [1.29, 1.82) is 0 Å². The Kier molecular flexibility index (Phi) is 19.5. The number of hydrogen-bond donors (Lipinski definition) is 0. The molecule has 0 radical (unpaired) electrons. The van der Waals surface area contributed by atoms with Crippen molar-refractivity contribution in [3.63, 3.8) is 0 Å². The van der Waals surface area contributed by atoms with E-state index in [9.17, 15) is 10.2 Å². The SMILES string of the molecule is CCCCCCCCc1cccc([O-])c1.CCCCCCCCc1cccc([O-])c1.[Ni+2]. The maximum atomic E-state index is 11.1. The molecule has 0 unspecified atom stereocenters. The fourth-order valence-corrected chi connectivity index (χ4v) is 3.62.